The summed E-state index contributed by atoms with van der Waals surface area (Å²) in [5.74, 6) is 2.85. The SMILES string of the molecule is OC1(CC2CC3CCC2C3)CCN(C2CC2)C1. The van der Waals surface area contributed by atoms with Crippen molar-refractivity contribution in [2.45, 2.75) is 63.0 Å². The van der Waals surface area contributed by atoms with Gasteiger partial charge in [-0.1, -0.05) is 6.42 Å². The third kappa shape index (κ3) is 1.94. The highest BCUT2D eigenvalue weighted by molar-refractivity contribution is 5.00. The van der Waals surface area contributed by atoms with E-state index in [1.807, 2.05) is 0 Å². The van der Waals surface area contributed by atoms with Gasteiger partial charge in [0.05, 0.1) is 5.60 Å². The maximum atomic E-state index is 10.8. The van der Waals surface area contributed by atoms with Crippen LogP contribution in [0.5, 0.6) is 0 Å². The van der Waals surface area contributed by atoms with Crippen LogP contribution in [0.1, 0.15) is 51.4 Å². The Morgan fingerprint density at radius 2 is 2.00 bits per heavy atom. The van der Waals surface area contributed by atoms with Gasteiger partial charge >= 0.3 is 0 Å². The average molecular weight is 235 g/mol. The van der Waals surface area contributed by atoms with Crippen LogP contribution in [0.3, 0.4) is 0 Å². The highest BCUT2D eigenvalue weighted by Gasteiger charge is 2.47. The molecule has 1 N–H and O–H groups in total. The molecule has 0 aromatic carbocycles. The van der Waals surface area contributed by atoms with E-state index in [0.29, 0.717) is 0 Å². The molecule has 2 nitrogen and oxygen atoms in total. The molecule has 2 bridgehead atoms. The molecule has 4 aliphatic rings. The lowest BCUT2D eigenvalue weighted by Crippen LogP contribution is -2.37. The Bertz CT molecular complexity index is 314. The summed E-state index contributed by atoms with van der Waals surface area (Å²) < 4.78 is 0. The molecule has 1 heterocycles. The fraction of sp³-hybridized carbons (Fsp3) is 1.00. The topological polar surface area (TPSA) is 23.5 Å². The molecule has 3 aliphatic carbocycles. The first-order valence-electron chi connectivity index (χ1n) is 7.68. The molecule has 0 aromatic rings. The molecule has 0 radical (unpaired) electrons. The second kappa shape index (κ2) is 3.71. The third-order valence-electron chi connectivity index (χ3n) is 5.95. The zero-order valence-electron chi connectivity index (χ0n) is 10.8. The predicted octanol–water partition coefficient (Wildman–Crippen LogP) is 2.41. The van der Waals surface area contributed by atoms with Crippen LogP contribution in [-0.4, -0.2) is 34.7 Å². The average Bonchev–Trinajstić information content (AvgIpc) is 2.77. The Labute approximate surface area is 104 Å². The summed E-state index contributed by atoms with van der Waals surface area (Å²) in [6.07, 6.45) is 10.7. The molecule has 17 heavy (non-hydrogen) atoms. The smallest absolute Gasteiger partial charge is 0.0789 e. The molecule has 96 valence electrons. The van der Waals surface area contributed by atoms with Crippen molar-refractivity contribution >= 4 is 0 Å². The predicted molar refractivity (Wildman–Crippen MR) is 67.7 cm³/mol. The second-order valence-electron chi connectivity index (χ2n) is 7.32. The second-order valence-corrected chi connectivity index (χ2v) is 7.32. The van der Waals surface area contributed by atoms with Crippen molar-refractivity contribution < 1.29 is 5.11 Å². The van der Waals surface area contributed by atoms with E-state index in [-0.39, 0.29) is 5.60 Å². The van der Waals surface area contributed by atoms with Gasteiger partial charge in [-0.2, -0.15) is 0 Å². The Hall–Kier alpha value is -0.0800. The summed E-state index contributed by atoms with van der Waals surface area (Å²) in [5.41, 5.74) is -0.322. The van der Waals surface area contributed by atoms with Crippen molar-refractivity contribution in [2.75, 3.05) is 13.1 Å². The minimum absolute atomic E-state index is 0.322. The molecule has 4 fully saturated rings. The fourth-order valence-corrected chi connectivity index (χ4v) is 4.92. The first kappa shape index (κ1) is 10.8. The number of hydrogen-bond acceptors (Lipinski definition) is 2. The van der Waals surface area contributed by atoms with Gasteiger partial charge in [-0.05, 0) is 62.7 Å². The standard InChI is InChI=1S/C15H25NO/c17-15(5-6-16(10-15)14-3-4-14)9-13-8-11-1-2-12(13)7-11/h11-14,17H,1-10H2. The summed E-state index contributed by atoms with van der Waals surface area (Å²) >= 11 is 0. The van der Waals surface area contributed by atoms with Crippen LogP contribution in [0.15, 0.2) is 0 Å². The third-order valence-corrected chi connectivity index (χ3v) is 5.95. The summed E-state index contributed by atoms with van der Waals surface area (Å²) in [7, 11) is 0. The summed E-state index contributed by atoms with van der Waals surface area (Å²) in [6, 6.07) is 0.837. The molecule has 4 atom stereocenters. The van der Waals surface area contributed by atoms with Crippen molar-refractivity contribution in [2.24, 2.45) is 17.8 Å². The lowest BCUT2D eigenvalue weighted by Gasteiger charge is -2.31. The van der Waals surface area contributed by atoms with Crippen LogP contribution in [0.4, 0.5) is 0 Å². The zero-order valence-corrected chi connectivity index (χ0v) is 10.8. The van der Waals surface area contributed by atoms with E-state index in [1.54, 1.807) is 0 Å². The highest BCUT2D eigenvalue weighted by atomic mass is 16.3. The lowest BCUT2D eigenvalue weighted by molar-refractivity contribution is 0.0151. The van der Waals surface area contributed by atoms with Crippen molar-refractivity contribution in [3.8, 4) is 0 Å². The number of fused-ring (bicyclic) bond motifs is 2. The van der Waals surface area contributed by atoms with E-state index in [0.717, 1.165) is 49.7 Å². The van der Waals surface area contributed by atoms with E-state index < -0.39 is 0 Å². The molecule has 1 aliphatic heterocycles. The van der Waals surface area contributed by atoms with E-state index in [1.165, 1.54) is 38.5 Å². The number of hydrogen-bond donors (Lipinski definition) is 1. The van der Waals surface area contributed by atoms with Gasteiger partial charge in [0.1, 0.15) is 0 Å². The molecule has 1 saturated heterocycles. The summed E-state index contributed by atoms with van der Waals surface area (Å²) in [5, 5.41) is 10.8. The molecule has 3 saturated carbocycles. The minimum Gasteiger partial charge on any atom is -0.388 e. The van der Waals surface area contributed by atoms with Crippen LogP contribution in [0.25, 0.3) is 0 Å². The van der Waals surface area contributed by atoms with Gasteiger partial charge in [0, 0.05) is 19.1 Å². The number of aliphatic hydroxyl groups is 1. The molecular weight excluding hydrogens is 210 g/mol. The van der Waals surface area contributed by atoms with Gasteiger partial charge in [0.15, 0.2) is 0 Å². The van der Waals surface area contributed by atoms with Crippen LogP contribution >= 0.6 is 0 Å². The molecule has 2 heteroatoms. The van der Waals surface area contributed by atoms with Gasteiger partial charge in [-0.3, -0.25) is 4.90 Å². The minimum atomic E-state index is -0.322. The molecular formula is C15H25NO. The van der Waals surface area contributed by atoms with Gasteiger partial charge in [-0.25, -0.2) is 0 Å². The van der Waals surface area contributed by atoms with Gasteiger partial charge in [0.2, 0.25) is 0 Å². The maximum absolute atomic E-state index is 10.8. The van der Waals surface area contributed by atoms with Crippen molar-refractivity contribution in [1.82, 2.24) is 4.90 Å². The first-order valence-corrected chi connectivity index (χ1v) is 7.68. The quantitative estimate of drug-likeness (QED) is 0.812. The highest BCUT2D eigenvalue weighted by Crippen LogP contribution is 2.51. The van der Waals surface area contributed by atoms with Crippen LogP contribution in [-0.2, 0) is 0 Å². The Kier molecular flexibility index (Phi) is 2.36. The lowest BCUT2D eigenvalue weighted by atomic mass is 9.80. The first-order chi connectivity index (χ1) is 8.22. The number of nitrogens with zero attached hydrogens (tertiary/aromatic N) is 1. The van der Waals surface area contributed by atoms with Crippen LogP contribution in [0, 0.1) is 17.8 Å². The summed E-state index contributed by atoms with van der Waals surface area (Å²) in [4.78, 5) is 2.55. The fourth-order valence-electron chi connectivity index (χ4n) is 4.92. The molecule has 0 spiro atoms. The van der Waals surface area contributed by atoms with Crippen molar-refractivity contribution in [1.29, 1.82) is 0 Å². The molecule has 4 unspecified atom stereocenters. The van der Waals surface area contributed by atoms with Crippen LogP contribution < -0.4 is 0 Å². The van der Waals surface area contributed by atoms with Crippen LogP contribution in [0.2, 0.25) is 0 Å². The number of β-amino-alcohol motifs (C(OH)–C–C–N with tert-alkyl or cyclic N) is 1. The number of likely N-dealkylation sites (tertiary alicyclic amines) is 1. The van der Waals surface area contributed by atoms with E-state index in [4.69, 9.17) is 0 Å². The van der Waals surface area contributed by atoms with E-state index in [2.05, 4.69) is 4.90 Å². The van der Waals surface area contributed by atoms with E-state index in [9.17, 15) is 5.11 Å². The number of rotatable bonds is 3. The Morgan fingerprint density at radius 1 is 1.12 bits per heavy atom. The van der Waals surface area contributed by atoms with Gasteiger partial charge < -0.3 is 5.11 Å². The zero-order chi connectivity index (χ0) is 11.5. The van der Waals surface area contributed by atoms with Crippen molar-refractivity contribution in [3.63, 3.8) is 0 Å². The Morgan fingerprint density at radius 3 is 2.65 bits per heavy atom. The van der Waals surface area contributed by atoms with Gasteiger partial charge in [-0.15, -0.1) is 0 Å². The largest absolute Gasteiger partial charge is 0.388 e. The molecule has 0 aromatic heterocycles. The van der Waals surface area contributed by atoms with E-state index >= 15 is 0 Å². The maximum Gasteiger partial charge on any atom is 0.0789 e. The Balaban J connectivity index is 1.38. The molecule has 4 rings (SSSR count). The normalized spacial score (nSPS) is 50.3. The summed E-state index contributed by atoms with van der Waals surface area (Å²) in [6.45, 7) is 2.13. The monoisotopic (exact) mass is 235 g/mol. The van der Waals surface area contributed by atoms with Gasteiger partial charge in [0.25, 0.3) is 0 Å². The van der Waals surface area contributed by atoms with Crippen molar-refractivity contribution in [3.05, 3.63) is 0 Å². The molecule has 0 amide bonds.